The fraction of sp³-hybridized carbons (Fsp3) is 0.462. The molecular weight excluding hydrogens is 299 g/mol. The summed E-state index contributed by atoms with van der Waals surface area (Å²) in [6, 6.07) is 4.65. The molecule has 0 radical (unpaired) electrons. The monoisotopic (exact) mass is 316 g/mol. The largest absolute Gasteiger partial charge is 0.353 e. The predicted octanol–water partition coefficient (Wildman–Crippen LogP) is 2.59. The number of benzene rings is 1. The van der Waals surface area contributed by atoms with Gasteiger partial charge in [0.05, 0.1) is 10.5 Å². The molecule has 5 heteroatoms. The Balaban J connectivity index is 2.55. The molecule has 3 nitrogen and oxygen atoms in total. The van der Waals surface area contributed by atoms with Gasteiger partial charge in [-0.3, -0.25) is 4.79 Å². The maximum Gasteiger partial charge on any atom is 0.237 e. The molecule has 0 fully saturated rings. The van der Waals surface area contributed by atoms with Gasteiger partial charge in [0.15, 0.2) is 0 Å². The van der Waals surface area contributed by atoms with Gasteiger partial charge in [0, 0.05) is 12.6 Å². The second-order valence-electron chi connectivity index (χ2n) is 4.48. The molecule has 0 aliphatic rings. The molecule has 1 atom stereocenters. The lowest BCUT2D eigenvalue weighted by molar-refractivity contribution is -0.123. The summed E-state index contributed by atoms with van der Waals surface area (Å²) in [5, 5.41) is 5.88. The lowest BCUT2D eigenvalue weighted by atomic mass is 10.2. The molecule has 0 saturated heterocycles. The highest BCUT2D eigenvalue weighted by atomic mass is 79.9. The van der Waals surface area contributed by atoms with Crippen molar-refractivity contribution in [2.45, 2.75) is 39.4 Å². The molecule has 0 aliphatic heterocycles. The number of rotatable bonds is 5. The molecule has 0 bridgehead atoms. The predicted molar refractivity (Wildman–Crippen MR) is 73.7 cm³/mol. The van der Waals surface area contributed by atoms with Crippen LogP contribution in [0.4, 0.5) is 4.39 Å². The molecule has 1 unspecified atom stereocenters. The van der Waals surface area contributed by atoms with Crippen LogP contribution in [0.15, 0.2) is 22.7 Å². The summed E-state index contributed by atoms with van der Waals surface area (Å²) in [4.78, 5) is 11.7. The maximum atomic E-state index is 13.3. The second kappa shape index (κ2) is 6.85. The Kier molecular flexibility index (Phi) is 5.75. The lowest BCUT2D eigenvalue weighted by Crippen LogP contribution is -2.44. The van der Waals surface area contributed by atoms with E-state index in [1.165, 1.54) is 6.07 Å². The van der Waals surface area contributed by atoms with Gasteiger partial charge < -0.3 is 10.6 Å². The summed E-state index contributed by atoms with van der Waals surface area (Å²) in [6.07, 6.45) is 0. The Morgan fingerprint density at radius 3 is 2.67 bits per heavy atom. The third kappa shape index (κ3) is 4.38. The standard InChI is InChI=1S/C13H18BrFN2O/c1-8(2)17-13(18)9(3)16-7-10-5-4-6-11(15)12(10)14/h4-6,8-9,16H,7H2,1-3H3,(H,17,18). The van der Waals surface area contributed by atoms with E-state index < -0.39 is 0 Å². The number of carbonyl (C=O) groups is 1. The topological polar surface area (TPSA) is 41.1 Å². The molecule has 2 N–H and O–H groups in total. The molecule has 0 heterocycles. The smallest absolute Gasteiger partial charge is 0.237 e. The van der Waals surface area contributed by atoms with Crippen LogP contribution in [0, 0.1) is 5.82 Å². The highest BCUT2D eigenvalue weighted by Gasteiger charge is 2.13. The van der Waals surface area contributed by atoms with Crippen LogP contribution < -0.4 is 10.6 Å². The summed E-state index contributed by atoms with van der Waals surface area (Å²) >= 11 is 3.19. The van der Waals surface area contributed by atoms with Crippen molar-refractivity contribution in [2.24, 2.45) is 0 Å². The lowest BCUT2D eigenvalue weighted by Gasteiger charge is -2.16. The molecule has 0 saturated carbocycles. The van der Waals surface area contributed by atoms with E-state index in [0.717, 1.165) is 5.56 Å². The summed E-state index contributed by atoms with van der Waals surface area (Å²) in [5.41, 5.74) is 0.791. The fourth-order valence-corrected chi connectivity index (χ4v) is 1.85. The third-order valence-corrected chi connectivity index (χ3v) is 3.34. The van der Waals surface area contributed by atoms with Crippen LogP contribution in [0.5, 0.6) is 0 Å². The minimum Gasteiger partial charge on any atom is -0.353 e. The van der Waals surface area contributed by atoms with Gasteiger partial charge in [-0.15, -0.1) is 0 Å². The van der Waals surface area contributed by atoms with Gasteiger partial charge in [-0.25, -0.2) is 4.39 Å². The minimum absolute atomic E-state index is 0.0578. The number of nitrogens with one attached hydrogen (secondary N) is 2. The zero-order chi connectivity index (χ0) is 13.7. The molecule has 1 amide bonds. The molecule has 100 valence electrons. The average molecular weight is 317 g/mol. The number of hydrogen-bond acceptors (Lipinski definition) is 2. The van der Waals surface area contributed by atoms with Crippen molar-refractivity contribution in [3.8, 4) is 0 Å². The number of hydrogen-bond donors (Lipinski definition) is 2. The quantitative estimate of drug-likeness (QED) is 0.876. The highest BCUT2D eigenvalue weighted by Crippen LogP contribution is 2.20. The van der Waals surface area contributed by atoms with Gasteiger partial charge >= 0.3 is 0 Å². The number of amides is 1. The van der Waals surface area contributed by atoms with Crippen molar-refractivity contribution in [1.29, 1.82) is 0 Å². The highest BCUT2D eigenvalue weighted by molar-refractivity contribution is 9.10. The minimum atomic E-state index is -0.317. The van der Waals surface area contributed by atoms with Gasteiger partial charge in [0.1, 0.15) is 5.82 Å². The van der Waals surface area contributed by atoms with Crippen LogP contribution in [-0.2, 0) is 11.3 Å². The van der Waals surface area contributed by atoms with Crippen LogP contribution in [0.25, 0.3) is 0 Å². The first kappa shape index (κ1) is 15.1. The summed E-state index contributed by atoms with van der Waals surface area (Å²) in [7, 11) is 0. The van der Waals surface area contributed by atoms with Gasteiger partial charge in [-0.05, 0) is 48.3 Å². The average Bonchev–Trinajstić information content (AvgIpc) is 2.29. The van der Waals surface area contributed by atoms with Crippen LogP contribution >= 0.6 is 15.9 Å². The van der Waals surface area contributed by atoms with E-state index in [1.807, 2.05) is 19.9 Å². The molecule has 0 aliphatic carbocycles. The van der Waals surface area contributed by atoms with E-state index in [2.05, 4.69) is 26.6 Å². The van der Waals surface area contributed by atoms with E-state index in [9.17, 15) is 9.18 Å². The number of halogens is 2. The molecule has 0 spiro atoms. The van der Waals surface area contributed by atoms with Gasteiger partial charge in [-0.1, -0.05) is 12.1 Å². The Morgan fingerprint density at radius 2 is 2.06 bits per heavy atom. The first-order valence-electron chi connectivity index (χ1n) is 5.88. The Labute approximate surface area is 115 Å². The zero-order valence-electron chi connectivity index (χ0n) is 10.8. The van der Waals surface area contributed by atoms with Crippen molar-refractivity contribution in [1.82, 2.24) is 10.6 Å². The maximum absolute atomic E-state index is 13.3. The number of carbonyl (C=O) groups excluding carboxylic acids is 1. The molecule has 1 aromatic carbocycles. The van der Waals surface area contributed by atoms with E-state index in [0.29, 0.717) is 11.0 Å². The molecular formula is C13H18BrFN2O. The third-order valence-electron chi connectivity index (χ3n) is 2.45. The molecule has 18 heavy (non-hydrogen) atoms. The van der Waals surface area contributed by atoms with Crippen molar-refractivity contribution < 1.29 is 9.18 Å². The van der Waals surface area contributed by atoms with Gasteiger partial charge in [0.2, 0.25) is 5.91 Å². The normalized spacial score (nSPS) is 12.6. The first-order valence-corrected chi connectivity index (χ1v) is 6.67. The second-order valence-corrected chi connectivity index (χ2v) is 5.27. The van der Waals surface area contributed by atoms with Crippen molar-refractivity contribution >= 4 is 21.8 Å². The van der Waals surface area contributed by atoms with Crippen molar-refractivity contribution in [3.63, 3.8) is 0 Å². The van der Waals surface area contributed by atoms with Crippen molar-refractivity contribution in [3.05, 3.63) is 34.1 Å². The van der Waals surface area contributed by atoms with E-state index >= 15 is 0 Å². The zero-order valence-corrected chi connectivity index (χ0v) is 12.3. The SMILES string of the molecule is CC(C)NC(=O)C(C)NCc1cccc(F)c1Br. The molecule has 1 rings (SSSR count). The van der Waals surface area contributed by atoms with E-state index in [4.69, 9.17) is 0 Å². The fourth-order valence-electron chi connectivity index (χ4n) is 1.45. The Morgan fingerprint density at radius 1 is 1.39 bits per heavy atom. The van der Waals surface area contributed by atoms with Gasteiger partial charge in [-0.2, -0.15) is 0 Å². The van der Waals surface area contributed by atoms with E-state index in [1.54, 1.807) is 13.0 Å². The van der Waals surface area contributed by atoms with Crippen LogP contribution in [0.3, 0.4) is 0 Å². The van der Waals surface area contributed by atoms with Crippen LogP contribution in [0.1, 0.15) is 26.3 Å². The summed E-state index contributed by atoms with van der Waals surface area (Å²) < 4.78 is 13.7. The van der Waals surface area contributed by atoms with Crippen LogP contribution in [0.2, 0.25) is 0 Å². The van der Waals surface area contributed by atoms with Crippen molar-refractivity contribution in [2.75, 3.05) is 0 Å². The summed E-state index contributed by atoms with van der Waals surface area (Å²) in [6.45, 7) is 6.04. The van der Waals surface area contributed by atoms with E-state index in [-0.39, 0.29) is 23.8 Å². The van der Waals surface area contributed by atoms with Crippen LogP contribution in [-0.4, -0.2) is 18.0 Å². The molecule has 0 aromatic heterocycles. The molecule has 1 aromatic rings. The summed E-state index contributed by atoms with van der Waals surface area (Å²) in [5.74, 6) is -0.355. The first-order chi connectivity index (χ1) is 8.41. The Bertz CT molecular complexity index is 423. The van der Waals surface area contributed by atoms with Gasteiger partial charge in [0.25, 0.3) is 0 Å². The Hall–Kier alpha value is -0.940.